The fourth-order valence-electron chi connectivity index (χ4n) is 4.33. The van der Waals surface area contributed by atoms with Gasteiger partial charge in [0.1, 0.15) is 0 Å². The van der Waals surface area contributed by atoms with Crippen molar-refractivity contribution in [3.8, 4) is 0 Å². The summed E-state index contributed by atoms with van der Waals surface area (Å²) < 4.78 is 0. The van der Waals surface area contributed by atoms with Crippen LogP contribution in [0.4, 0.5) is 0 Å². The summed E-state index contributed by atoms with van der Waals surface area (Å²) in [6.07, 6.45) is 15.8. The second-order valence-corrected chi connectivity index (χ2v) is 7.39. The highest BCUT2D eigenvalue weighted by atomic mass is 14.9. The molecule has 21 heavy (non-hydrogen) atoms. The Kier molecular flexibility index (Phi) is 10.4. The van der Waals surface area contributed by atoms with Gasteiger partial charge in [-0.05, 0) is 43.6 Å². The molecule has 0 aromatic heterocycles. The molecule has 2 unspecified atom stereocenters. The molecule has 2 atom stereocenters. The molecule has 0 saturated heterocycles. The van der Waals surface area contributed by atoms with Crippen molar-refractivity contribution in [3.63, 3.8) is 0 Å². The molecule has 126 valence electrons. The molecule has 0 aromatic carbocycles. The number of rotatable bonds is 11. The van der Waals surface area contributed by atoms with E-state index in [0.29, 0.717) is 0 Å². The Bertz CT molecular complexity index is 230. The maximum Gasteiger partial charge on any atom is 0.00978 e. The zero-order valence-electron chi connectivity index (χ0n) is 15.3. The lowest BCUT2D eigenvalue weighted by molar-refractivity contribution is 0.190. The van der Waals surface area contributed by atoms with Crippen molar-refractivity contribution in [2.24, 2.45) is 17.8 Å². The first-order valence-electron chi connectivity index (χ1n) is 9.98. The average Bonchev–Trinajstić information content (AvgIpc) is 2.51. The molecule has 1 aliphatic rings. The van der Waals surface area contributed by atoms with Crippen LogP contribution in [-0.4, -0.2) is 12.6 Å². The van der Waals surface area contributed by atoms with Crippen molar-refractivity contribution in [1.82, 2.24) is 5.32 Å². The third-order valence-electron chi connectivity index (χ3n) is 5.75. The average molecular weight is 296 g/mol. The maximum atomic E-state index is 3.84. The number of hydrogen-bond donors (Lipinski definition) is 1. The number of nitrogens with one attached hydrogen (secondary N) is 1. The van der Waals surface area contributed by atoms with E-state index in [1.54, 1.807) is 0 Å². The van der Waals surface area contributed by atoms with Gasteiger partial charge in [0.15, 0.2) is 0 Å². The number of unbranched alkanes of at least 4 members (excludes halogenated alkanes) is 1. The Labute approximate surface area is 134 Å². The van der Waals surface area contributed by atoms with Crippen LogP contribution in [0.25, 0.3) is 0 Å². The summed E-state index contributed by atoms with van der Waals surface area (Å²) in [5.41, 5.74) is 0. The molecular weight excluding hydrogens is 254 g/mol. The van der Waals surface area contributed by atoms with E-state index in [-0.39, 0.29) is 0 Å². The van der Waals surface area contributed by atoms with Crippen molar-refractivity contribution in [2.45, 2.75) is 104 Å². The van der Waals surface area contributed by atoms with E-state index in [2.05, 4.69) is 33.0 Å². The second-order valence-electron chi connectivity index (χ2n) is 7.39. The van der Waals surface area contributed by atoms with Gasteiger partial charge in [0.25, 0.3) is 0 Å². The molecule has 0 heterocycles. The summed E-state index contributed by atoms with van der Waals surface area (Å²) in [4.78, 5) is 0. The zero-order valence-corrected chi connectivity index (χ0v) is 15.3. The third kappa shape index (κ3) is 7.17. The standard InChI is InChI=1S/C20H41N/c1-5-9-11-17(7-3)16-20(21-8-4)19-14-12-18(10-6-2)13-15-19/h17-21H,5-16H2,1-4H3. The van der Waals surface area contributed by atoms with Gasteiger partial charge in [-0.25, -0.2) is 0 Å². The predicted molar refractivity (Wildman–Crippen MR) is 95.7 cm³/mol. The van der Waals surface area contributed by atoms with Crippen LogP contribution in [0.2, 0.25) is 0 Å². The van der Waals surface area contributed by atoms with Gasteiger partial charge in [0.05, 0.1) is 0 Å². The highest BCUT2D eigenvalue weighted by Gasteiger charge is 2.28. The molecule has 0 aliphatic heterocycles. The monoisotopic (exact) mass is 295 g/mol. The molecule has 0 bridgehead atoms. The van der Waals surface area contributed by atoms with E-state index < -0.39 is 0 Å². The predicted octanol–water partition coefficient (Wildman–Crippen LogP) is 6.18. The quantitative estimate of drug-likeness (QED) is 0.480. The van der Waals surface area contributed by atoms with Crippen LogP contribution in [0.15, 0.2) is 0 Å². The number of hydrogen-bond acceptors (Lipinski definition) is 1. The van der Waals surface area contributed by atoms with Crippen molar-refractivity contribution in [3.05, 3.63) is 0 Å². The summed E-state index contributed by atoms with van der Waals surface area (Å²) >= 11 is 0. The topological polar surface area (TPSA) is 12.0 Å². The molecule has 1 nitrogen and oxygen atoms in total. The minimum atomic E-state index is 0.791. The smallest absolute Gasteiger partial charge is 0.00978 e. The minimum absolute atomic E-state index is 0.791. The van der Waals surface area contributed by atoms with Crippen LogP contribution >= 0.6 is 0 Å². The molecule has 0 amide bonds. The normalized spacial score (nSPS) is 25.7. The zero-order chi connectivity index (χ0) is 15.5. The SMILES string of the molecule is CCCCC(CC)CC(NCC)C1CCC(CCC)CC1. The van der Waals surface area contributed by atoms with Crippen LogP contribution < -0.4 is 5.32 Å². The Balaban J connectivity index is 2.44. The van der Waals surface area contributed by atoms with Gasteiger partial charge >= 0.3 is 0 Å². The minimum Gasteiger partial charge on any atom is -0.314 e. The van der Waals surface area contributed by atoms with Gasteiger partial charge in [0, 0.05) is 6.04 Å². The molecule has 0 radical (unpaired) electrons. The Hall–Kier alpha value is -0.0400. The molecule has 1 aliphatic carbocycles. The lowest BCUT2D eigenvalue weighted by Crippen LogP contribution is -2.39. The van der Waals surface area contributed by atoms with E-state index >= 15 is 0 Å². The molecule has 0 aromatic rings. The molecule has 1 heteroatoms. The maximum absolute atomic E-state index is 3.84. The molecule has 1 rings (SSSR count). The van der Waals surface area contributed by atoms with Gasteiger partial charge < -0.3 is 5.32 Å². The van der Waals surface area contributed by atoms with Crippen LogP contribution in [0.3, 0.4) is 0 Å². The summed E-state index contributed by atoms with van der Waals surface area (Å²) in [6, 6.07) is 0.791. The van der Waals surface area contributed by atoms with Crippen LogP contribution in [0, 0.1) is 17.8 Å². The van der Waals surface area contributed by atoms with Gasteiger partial charge in [-0.15, -0.1) is 0 Å². The van der Waals surface area contributed by atoms with Gasteiger partial charge in [-0.1, -0.05) is 79.1 Å². The molecule has 1 saturated carbocycles. The third-order valence-corrected chi connectivity index (χ3v) is 5.75. The lowest BCUT2D eigenvalue weighted by atomic mass is 9.74. The second kappa shape index (κ2) is 11.5. The van der Waals surface area contributed by atoms with Crippen LogP contribution in [0.1, 0.15) is 98.3 Å². The first-order chi connectivity index (χ1) is 10.2. The van der Waals surface area contributed by atoms with Crippen molar-refractivity contribution >= 4 is 0 Å². The first kappa shape index (κ1) is 19.0. The summed E-state index contributed by atoms with van der Waals surface area (Å²) in [7, 11) is 0. The fourth-order valence-corrected chi connectivity index (χ4v) is 4.33. The van der Waals surface area contributed by atoms with Crippen LogP contribution in [0.5, 0.6) is 0 Å². The van der Waals surface area contributed by atoms with Gasteiger partial charge in [-0.2, -0.15) is 0 Å². The van der Waals surface area contributed by atoms with Gasteiger partial charge in [0.2, 0.25) is 0 Å². The van der Waals surface area contributed by atoms with E-state index in [0.717, 1.165) is 30.3 Å². The fraction of sp³-hybridized carbons (Fsp3) is 1.00. The lowest BCUT2D eigenvalue weighted by Gasteiger charge is -2.36. The van der Waals surface area contributed by atoms with Crippen molar-refractivity contribution in [1.29, 1.82) is 0 Å². The van der Waals surface area contributed by atoms with E-state index in [4.69, 9.17) is 0 Å². The molecule has 0 spiro atoms. The van der Waals surface area contributed by atoms with Gasteiger partial charge in [-0.3, -0.25) is 0 Å². The highest BCUT2D eigenvalue weighted by Crippen LogP contribution is 2.35. The van der Waals surface area contributed by atoms with Crippen molar-refractivity contribution < 1.29 is 0 Å². The largest absolute Gasteiger partial charge is 0.314 e. The highest BCUT2D eigenvalue weighted by molar-refractivity contribution is 4.83. The van der Waals surface area contributed by atoms with Crippen molar-refractivity contribution in [2.75, 3.05) is 6.54 Å². The molecule has 1 fully saturated rings. The molecular formula is C20H41N. The summed E-state index contributed by atoms with van der Waals surface area (Å²) in [5.74, 6) is 2.94. The summed E-state index contributed by atoms with van der Waals surface area (Å²) in [5, 5.41) is 3.84. The Morgan fingerprint density at radius 1 is 0.952 bits per heavy atom. The first-order valence-corrected chi connectivity index (χ1v) is 9.98. The van der Waals surface area contributed by atoms with E-state index in [1.807, 2.05) is 0 Å². The Morgan fingerprint density at radius 2 is 1.67 bits per heavy atom. The van der Waals surface area contributed by atoms with E-state index in [9.17, 15) is 0 Å². The van der Waals surface area contributed by atoms with Crippen LogP contribution in [-0.2, 0) is 0 Å². The summed E-state index contributed by atoms with van der Waals surface area (Å²) in [6.45, 7) is 10.5. The van der Waals surface area contributed by atoms with E-state index in [1.165, 1.54) is 70.6 Å². The Morgan fingerprint density at radius 3 is 2.19 bits per heavy atom. The molecule has 1 N–H and O–H groups in total.